The molecule has 0 unspecified atom stereocenters. The number of thiazole rings is 1. The topological polar surface area (TPSA) is 114 Å². The number of amides is 1. The van der Waals surface area contributed by atoms with E-state index in [1.165, 1.54) is 42.6 Å². The molecule has 3 heterocycles. The van der Waals surface area contributed by atoms with Crippen LogP contribution in [0.4, 0.5) is 10.1 Å². The highest BCUT2D eigenvalue weighted by molar-refractivity contribution is 7.92. The van der Waals surface area contributed by atoms with Crippen molar-refractivity contribution in [2.75, 3.05) is 17.5 Å². The van der Waals surface area contributed by atoms with E-state index >= 15 is 0 Å². The molecule has 6 rings (SSSR count). The molecule has 0 aliphatic heterocycles. The second-order valence-corrected chi connectivity index (χ2v) is 12.2. The Kier molecular flexibility index (Phi) is 6.76. The Hall–Kier alpha value is -4.61. The second kappa shape index (κ2) is 10.4. The molecule has 0 aliphatic rings. The van der Waals surface area contributed by atoms with E-state index in [1.807, 2.05) is 36.4 Å². The van der Waals surface area contributed by atoms with Crippen molar-refractivity contribution < 1.29 is 22.0 Å². The summed E-state index contributed by atoms with van der Waals surface area (Å²) in [7, 11) is -2.15. The fourth-order valence-electron chi connectivity index (χ4n) is 4.57. The van der Waals surface area contributed by atoms with Gasteiger partial charge in [0.1, 0.15) is 32.5 Å². The predicted molar refractivity (Wildman–Crippen MR) is 160 cm³/mol. The number of carbonyl (C=O) groups is 1. The maximum absolute atomic E-state index is 13.7. The molecule has 0 saturated heterocycles. The molecule has 0 aliphatic carbocycles. The quantitative estimate of drug-likeness (QED) is 0.215. The summed E-state index contributed by atoms with van der Waals surface area (Å²) in [6.45, 7) is 1.55. The zero-order valence-corrected chi connectivity index (χ0v) is 23.6. The Labute approximate surface area is 238 Å². The Balaban J connectivity index is 1.58. The number of hydrogen-bond acceptors (Lipinski definition) is 7. The fourth-order valence-corrected chi connectivity index (χ4v) is 6.13. The SMILES string of the molecule is CCS(=O)(=O)Nc1cc2oc(-c3ccc(F)cc3)c(C(=O)NC)c2cc1-c1cccc(-c2nc3cccnc3s2)c1. The smallest absolute Gasteiger partial charge is 0.255 e. The van der Waals surface area contributed by atoms with E-state index in [0.717, 1.165) is 20.9 Å². The Morgan fingerprint density at radius 3 is 2.51 bits per heavy atom. The first-order chi connectivity index (χ1) is 19.8. The summed E-state index contributed by atoms with van der Waals surface area (Å²) in [5.41, 5.74) is 4.24. The summed E-state index contributed by atoms with van der Waals surface area (Å²) in [6.07, 6.45) is 1.72. The number of nitrogens with zero attached hydrogens (tertiary/aromatic N) is 2. The van der Waals surface area contributed by atoms with Crippen molar-refractivity contribution in [3.05, 3.63) is 90.4 Å². The summed E-state index contributed by atoms with van der Waals surface area (Å²) in [5, 5.41) is 3.90. The number of rotatable bonds is 7. The summed E-state index contributed by atoms with van der Waals surface area (Å²) >= 11 is 1.46. The van der Waals surface area contributed by atoms with Crippen LogP contribution in [-0.4, -0.2) is 37.1 Å². The van der Waals surface area contributed by atoms with Gasteiger partial charge in [0.15, 0.2) is 0 Å². The fraction of sp³-hybridized carbons (Fsp3) is 0.100. The van der Waals surface area contributed by atoms with Gasteiger partial charge in [0.25, 0.3) is 5.91 Å². The molecule has 0 fully saturated rings. The standard InChI is InChI=1S/C30H23FN4O4S2/c1-3-41(37,38)35-24-16-25-22(26(28(36)32-2)27(39-25)17-9-11-20(31)12-10-17)15-21(24)18-6-4-7-19(14-18)29-34-23-8-5-13-33-30(23)40-29/h4-16,35H,3H2,1-2H3,(H,32,36). The molecule has 0 bridgehead atoms. The number of aromatic nitrogens is 2. The second-order valence-electron chi connectivity index (χ2n) is 9.22. The summed E-state index contributed by atoms with van der Waals surface area (Å²) in [6, 6.07) is 20.2. The first-order valence-corrected chi connectivity index (χ1v) is 15.1. The largest absolute Gasteiger partial charge is 0.455 e. The lowest BCUT2D eigenvalue weighted by molar-refractivity contribution is 0.0964. The summed E-state index contributed by atoms with van der Waals surface area (Å²) in [5.74, 6) is -0.706. The average molecular weight is 587 g/mol. The number of pyridine rings is 1. The van der Waals surface area contributed by atoms with Crippen molar-refractivity contribution in [3.63, 3.8) is 0 Å². The molecule has 6 aromatic rings. The van der Waals surface area contributed by atoms with Gasteiger partial charge in [0.05, 0.1) is 17.0 Å². The minimum atomic E-state index is -3.66. The molecular formula is C30H23FN4O4S2. The highest BCUT2D eigenvalue weighted by Gasteiger charge is 2.24. The molecule has 11 heteroatoms. The lowest BCUT2D eigenvalue weighted by atomic mass is 9.97. The van der Waals surface area contributed by atoms with Gasteiger partial charge in [-0.2, -0.15) is 0 Å². The monoisotopic (exact) mass is 586 g/mol. The third-order valence-corrected chi connectivity index (χ3v) is 8.94. The summed E-state index contributed by atoms with van der Waals surface area (Å²) < 4.78 is 47.8. The molecular weight excluding hydrogens is 563 g/mol. The van der Waals surface area contributed by atoms with Gasteiger partial charge in [0, 0.05) is 41.4 Å². The number of hydrogen-bond donors (Lipinski definition) is 2. The van der Waals surface area contributed by atoms with Gasteiger partial charge < -0.3 is 9.73 Å². The molecule has 0 spiro atoms. The van der Waals surface area contributed by atoms with E-state index in [-0.39, 0.29) is 17.1 Å². The molecule has 0 atom stereocenters. The molecule has 2 N–H and O–H groups in total. The first-order valence-electron chi connectivity index (χ1n) is 12.7. The van der Waals surface area contributed by atoms with Crippen molar-refractivity contribution in [2.24, 2.45) is 0 Å². The van der Waals surface area contributed by atoms with Gasteiger partial charge in [-0.05, 0) is 61.0 Å². The first kappa shape index (κ1) is 26.6. The molecule has 206 valence electrons. The molecule has 8 nitrogen and oxygen atoms in total. The van der Waals surface area contributed by atoms with Crippen LogP contribution >= 0.6 is 11.3 Å². The highest BCUT2D eigenvalue weighted by Crippen LogP contribution is 2.41. The van der Waals surface area contributed by atoms with Gasteiger partial charge >= 0.3 is 0 Å². The number of halogens is 1. The van der Waals surface area contributed by atoms with Crippen LogP contribution in [0, 0.1) is 5.82 Å². The Morgan fingerprint density at radius 1 is 1.00 bits per heavy atom. The van der Waals surface area contributed by atoms with Crippen molar-refractivity contribution >= 4 is 54.3 Å². The zero-order chi connectivity index (χ0) is 28.7. The number of anilines is 1. The van der Waals surface area contributed by atoms with Gasteiger partial charge in [-0.15, -0.1) is 0 Å². The molecule has 0 saturated carbocycles. The number of carbonyl (C=O) groups excluding carboxylic acids is 1. The normalized spacial score (nSPS) is 11.7. The van der Waals surface area contributed by atoms with Gasteiger partial charge in [-0.3, -0.25) is 9.52 Å². The predicted octanol–water partition coefficient (Wildman–Crippen LogP) is 6.70. The maximum atomic E-state index is 13.7. The number of nitrogens with one attached hydrogen (secondary N) is 2. The van der Waals surface area contributed by atoms with Crippen LogP contribution in [0.2, 0.25) is 0 Å². The van der Waals surface area contributed by atoms with E-state index in [9.17, 15) is 17.6 Å². The Morgan fingerprint density at radius 2 is 1.78 bits per heavy atom. The van der Waals surface area contributed by atoms with E-state index in [4.69, 9.17) is 9.40 Å². The molecule has 41 heavy (non-hydrogen) atoms. The third kappa shape index (κ3) is 5.05. The lowest BCUT2D eigenvalue weighted by Gasteiger charge is -2.13. The number of sulfonamides is 1. The van der Waals surface area contributed by atoms with Crippen LogP contribution in [-0.2, 0) is 10.0 Å². The lowest BCUT2D eigenvalue weighted by Crippen LogP contribution is -2.18. The van der Waals surface area contributed by atoms with Crippen molar-refractivity contribution in [2.45, 2.75) is 6.92 Å². The van der Waals surface area contributed by atoms with E-state index < -0.39 is 21.7 Å². The highest BCUT2D eigenvalue weighted by atomic mass is 32.2. The zero-order valence-electron chi connectivity index (χ0n) is 21.9. The summed E-state index contributed by atoms with van der Waals surface area (Å²) in [4.78, 5) is 23.0. The number of furan rings is 1. The van der Waals surface area contributed by atoms with E-state index in [0.29, 0.717) is 33.3 Å². The van der Waals surface area contributed by atoms with Crippen LogP contribution in [0.5, 0.6) is 0 Å². The van der Waals surface area contributed by atoms with Crippen LogP contribution in [0.1, 0.15) is 17.3 Å². The molecule has 1 amide bonds. The number of fused-ring (bicyclic) bond motifs is 2. The minimum absolute atomic E-state index is 0.133. The van der Waals surface area contributed by atoms with Crippen LogP contribution < -0.4 is 10.0 Å². The van der Waals surface area contributed by atoms with Crippen molar-refractivity contribution in [3.8, 4) is 33.0 Å². The van der Waals surface area contributed by atoms with Crippen LogP contribution in [0.15, 0.2) is 83.4 Å². The van der Waals surface area contributed by atoms with Crippen molar-refractivity contribution in [1.82, 2.24) is 15.3 Å². The van der Waals surface area contributed by atoms with Crippen LogP contribution in [0.3, 0.4) is 0 Å². The molecule has 3 aromatic carbocycles. The Bertz CT molecular complexity index is 2020. The van der Waals surface area contributed by atoms with Gasteiger partial charge in [-0.25, -0.2) is 22.8 Å². The van der Waals surface area contributed by atoms with E-state index in [1.54, 1.807) is 25.3 Å². The van der Waals surface area contributed by atoms with Gasteiger partial charge in [0.2, 0.25) is 10.0 Å². The third-order valence-electron chi connectivity index (χ3n) is 6.62. The maximum Gasteiger partial charge on any atom is 0.255 e. The minimum Gasteiger partial charge on any atom is -0.455 e. The van der Waals surface area contributed by atoms with E-state index in [2.05, 4.69) is 15.0 Å². The average Bonchev–Trinajstić information content (AvgIpc) is 3.58. The molecule has 3 aromatic heterocycles. The van der Waals surface area contributed by atoms with Gasteiger partial charge in [-0.1, -0.05) is 29.5 Å². The molecule has 0 radical (unpaired) electrons. The van der Waals surface area contributed by atoms with Crippen molar-refractivity contribution in [1.29, 1.82) is 0 Å². The van der Waals surface area contributed by atoms with Crippen LogP contribution in [0.25, 0.3) is 54.3 Å². The number of benzene rings is 3.